The SMILES string of the molecule is Cc1cc(Cl)ccc1Nc1ccc(C#N)cc1. The summed E-state index contributed by atoms with van der Waals surface area (Å²) in [4.78, 5) is 0. The van der Waals surface area contributed by atoms with Crippen LogP contribution in [-0.4, -0.2) is 0 Å². The molecule has 0 saturated carbocycles. The topological polar surface area (TPSA) is 35.8 Å². The highest BCUT2D eigenvalue weighted by atomic mass is 35.5. The molecule has 0 aliphatic heterocycles. The van der Waals surface area contributed by atoms with Crippen molar-refractivity contribution in [3.8, 4) is 6.07 Å². The minimum absolute atomic E-state index is 0.656. The van der Waals surface area contributed by atoms with Crippen molar-refractivity contribution >= 4 is 23.0 Å². The molecular weight excluding hydrogens is 232 g/mol. The van der Waals surface area contributed by atoms with Gasteiger partial charge in [0.25, 0.3) is 0 Å². The van der Waals surface area contributed by atoms with Crippen molar-refractivity contribution in [2.75, 3.05) is 5.32 Å². The van der Waals surface area contributed by atoms with Crippen molar-refractivity contribution in [2.45, 2.75) is 6.92 Å². The van der Waals surface area contributed by atoms with E-state index in [1.54, 1.807) is 12.1 Å². The molecule has 0 aliphatic rings. The Kier molecular flexibility index (Phi) is 3.32. The van der Waals surface area contributed by atoms with E-state index in [1.807, 2.05) is 37.3 Å². The molecule has 0 saturated heterocycles. The molecule has 0 atom stereocenters. The number of benzene rings is 2. The molecule has 0 fully saturated rings. The van der Waals surface area contributed by atoms with Crippen LogP contribution in [0.25, 0.3) is 0 Å². The normalized spacial score (nSPS) is 9.71. The van der Waals surface area contributed by atoms with Gasteiger partial charge in [-0.05, 0) is 55.0 Å². The second-order valence-electron chi connectivity index (χ2n) is 3.77. The quantitative estimate of drug-likeness (QED) is 0.854. The minimum Gasteiger partial charge on any atom is -0.355 e. The average molecular weight is 243 g/mol. The lowest BCUT2D eigenvalue weighted by Gasteiger charge is -2.09. The van der Waals surface area contributed by atoms with Gasteiger partial charge in [0, 0.05) is 16.4 Å². The number of anilines is 2. The Bertz CT molecular complexity index is 568. The number of rotatable bonds is 2. The molecule has 2 rings (SSSR count). The zero-order valence-corrected chi connectivity index (χ0v) is 10.1. The highest BCUT2D eigenvalue weighted by Crippen LogP contribution is 2.23. The molecule has 17 heavy (non-hydrogen) atoms. The van der Waals surface area contributed by atoms with Crippen LogP contribution in [0.1, 0.15) is 11.1 Å². The smallest absolute Gasteiger partial charge is 0.0991 e. The third-order valence-corrected chi connectivity index (χ3v) is 2.72. The summed E-state index contributed by atoms with van der Waals surface area (Å²) in [5.41, 5.74) is 3.71. The molecule has 1 N–H and O–H groups in total. The van der Waals surface area contributed by atoms with Crippen molar-refractivity contribution in [3.05, 3.63) is 58.6 Å². The van der Waals surface area contributed by atoms with Crippen molar-refractivity contribution in [2.24, 2.45) is 0 Å². The van der Waals surface area contributed by atoms with E-state index in [0.29, 0.717) is 5.56 Å². The lowest BCUT2D eigenvalue weighted by molar-refractivity contribution is 1.42. The Hall–Kier alpha value is -1.98. The van der Waals surface area contributed by atoms with Crippen LogP contribution >= 0.6 is 11.6 Å². The summed E-state index contributed by atoms with van der Waals surface area (Å²) in [6.07, 6.45) is 0. The molecule has 3 heteroatoms. The number of nitrogens with zero attached hydrogens (tertiary/aromatic N) is 1. The third kappa shape index (κ3) is 2.77. The molecule has 0 radical (unpaired) electrons. The highest BCUT2D eigenvalue weighted by molar-refractivity contribution is 6.30. The van der Waals surface area contributed by atoms with E-state index in [0.717, 1.165) is 22.0 Å². The van der Waals surface area contributed by atoms with Crippen LogP contribution in [0.5, 0.6) is 0 Å². The van der Waals surface area contributed by atoms with Gasteiger partial charge in [-0.3, -0.25) is 0 Å². The molecule has 0 aliphatic carbocycles. The zero-order chi connectivity index (χ0) is 12.3. The van der Waals surface area contributed by atoms with Crippen LogP contribution in [0.15, 0.2) is 42.5 Å². The predicted molar refractivity (Wildman–Crippen MR) is 70.6 cm³/mol. The summed E-state index contributed by atoms with van der Waals surface area (Å²) in [5, 5.41) is 12.7. The van der Waals surface area contributed by atoms with E-state index in [9.17, 15) is 0 Å². The van der Waals surface area contributed by atoms with Gasteiger partial charge in [0.05, 0.1) is 11.6 Å². The van der Waals surface area contributed by atoms with E-state index >= 15 is 0 Å². The van der Waals surface area contributed by atoms with E-state index in [-0.39, 0.29) is 0 Å². The first-order chi connectivity index (χ1) is 8.19. The van der Waals surface area contributed by atoms with Gasteiger partial charge in [-0.15, -0.1) is 0 Å². The maximum absolute atomic E-state index is 8.71. The number of nitriles is 1. The van der Waals surface area contributed by atoms with Gasteiger partial charge in [-0.25, -0.2) is 0 Å². The molecule has 2 nitrogen and oxygen atoms in total. The van der Waals surface area contributed by atoms with Crippen LogP contribution in [0.4, 0.5) is 11.4 Å². The highest BCUT2D eigenvalue weighted by Gasteiger charge is 2.00. The van der Waals surface area contributed by atoms with Crippen molar-refractivity contribution in [1.29, 1.82) is 5.26 Å². The maximum Gasteiger partial charge on any atom is 0.0991 e. The van der Waals surface area contributed by atoms with E-state index in [4.69, 9.17) is 16.9 Å². The summed E-state index contributed by atoms with van der Waals surface area (Å²) in [7, 11) is 0. The molecule has 0 heterocycles. The Balaban J connectivity index is 2.23. The van der Waals surface area contributed by atoms with Gasteiger partial charge in [0.2, 0.25) is 0 Å². The Morgan fingerprint density at radius 1 is 1.12 bits per heavy atom. The van der Waals surface area contributed by atoms with Crippen LogP contribution in [0.2, 0.25) is 5.02 Å². The van der Waals surface area contributed by atoms with Crippen LogP contribution in [-0.2, 0) is 0 Å². The number of halogens is 1. The first-order valence-corrected chi connectivity index (χ1v) is 5.60. The van der Waals surface area contributed by atoms with Crippen LogP contribution in [0.3, 0.4) is 0 Å². The van der Waals surface area contributed by atoms with Gasteiger partial charge in [-0.2, -0.15) is 5.26 Å². The van der Waals surface area contributed by atoms with E-state index in [1.165, 1.54) is 0 Å². The van der Waals surface area contributed by atoms with Crippen molar-refractivity contribution in [1.82, 2.24) is 0 Å². The van der Waals surface area contributed by atoms with Crippen LogP contribution < -0.4 is 5.32 Å². The molecule has 0 spiro atoms. The van der Waals surface area contributed by atoms with Crippen molar-refractivity contribution < 1.29 is 0 Å². The minimum atomic E-state index is 0.656. The van der Waals surface area contributed by atoms with Gasteiger partial charge >= 0.3 is 0 Å². The van der Waals surface area contributed by atoms with Gasteiger partial charge < -0.3 is 5.32 Å². The van der Waals surface area contributed by atoms with Gasteiger partial charge in [0.15, 0.2) is 0 Å². The molecule has 0 bridgehead atoms. The Morgan fingerprint density at radius 3 is 2.41 bits per heavy atom. The number of hydrogen-bond acceptors (Lipinski definition) is 2. The molecule has 2 aromatic carbocycles. The number of aryl methyl sites for hydroxylation is 1. The fourth-order valence-corrected chi connectivity index (χ4v) is 1.78. The summed E-state index contributed by atoms with van der Waals surface area (Å²) in [6.45, 7) is 2.00. The molecule has 0 amide bonds. The first-order valence-electron chi connectivity index (χ1n) is 5.22. The molecule has 0 aromatic heterocycles. The monoisotopic (exact) mass is 242 g/mol. The Morgan fingerprint density at radius 2 is 1.82 bits per heavy atom. The molecular formula is C14H11ClN2. The maximum atomic E-state index is 8.71. The lowest BCUT2D eigenvalue weighted by Crippen LogP contribution is -1.92. The molecule has 2 aromatic rings. The summed E-state index contributed by atoms with van der Waals surface area (Å²) in [5.74, 6) is 0. The predicted octanol–water partition coefficient (Wildman–Crippen LogP) is 4.26. The van der Waals surface area contributed by atoms with Gasteiger partial charge in [0.1, 0.15) is 0 Å². The summed E-state index contributed by atoms with van der Waals surface area (Å²) >= 11 is 5.90. The standard InChI is InChI=1S/C14H11ClN2/c1-10-8-12(15)4-7-14(10)17-13-5-2-11(9-16)3-6-13/h2-8,17H,1H3. The zero-order valence-electron chi connectivity index (χ0n) is 9.37. The first kappa shape index (κ1) is 11.5. The fraction of sp³-hybridized carbons (Fsp3) is 0.0714. The summed E-state index contributed by atoms with van der Waals surface area (Å²) in [6, 6.07) is 15.1. The summed E-state index contributed by atoms with van der Waals surface area (Å²) < 4.78 is 0. The van der Waals surface area contributed by atoms with Gasteiger partial charge in [-0.1, -0.05) is 11.6 Å². The van der Waals surface area contributed by atoms with Crippen LogP contribution in [0, 0.1) is 18.3 Å². The number of nitrogens with one attached hydrogen (secondary N) is 1. The third-order valence-electron chi connectivity index (χ3n) is 2.48. The molecule has 84 valence electrons. The lowest BCUT2D eigenvalue weighted by atomic mass is 10.2. The Labute approximate surface area is 105 Å². The average Bonchev–Trinajstić information content (AvgIpc) is 2.34. The largest absolute Gasteiger partial charge is 0.355 e. The second kappa shape index (κ2) is 4.90. The number of hydrogen-bond donors (Lipinski definition) is 1. The van der Waals surface area contributed by atoms with Crippen molar-refractivity contribution in [3.63, 3.8) is 0 Å². The second-order valence-corrected chi connectivity index (χ2v) is 4.21. The fourth-order valence-electron chi connectivity index (χ4n) is 1.55. The molecule has 0 unspecified atom stereocenters. The van der Waals surface area contributed by atoms with E-state index < -0.39 is 0 Å². The van der Waals surface area contributed by atoms with E-state index in [2.05, 4.69) is 11.4 Å².